The first-order chi connectivity index (χ1) is 31.8. The highest BCUT2D eigenvalue weighted by Crippen LogP contribution is 2.43. The van der Waals surface area contributed by atoms with Gasteiger partial charge in [0.1, 0.15) is 0 Å². The summed E-state index contributed by atoms with van der Waals surface area (Å²) in [7, 11) is -3.05. The van der Waals surface area contributed by atoms with Gasteiger partial charge in [-0.15, -0.1) is 0 Å². The van der Waals surface area contributed by atoms with Crippen LogP contribution in [0.3, 0.4) is 0 Å². The first-order valence-corrected chi connectivity index (χ1v) is 24.1. The second-order valence-corrected chi connectivity index (χ2v) is 20.6. The molecule has 0 spiro atoms. The molecule has 10 aromatic carbocycles. The second-order valence-electron chi connectivity index (χ2n) is 16.8. The summed E-state index contributed by atoms with van der Waals surface area (Å²) < 4.78 is 7.52. The number of aromatic nitrogens is 3. The highest BCUT2D eigenvalue weighted by molar-refractivity contribution is 7.20. The Kier molecular flexibility index (Phi) is 8.23. The van der Waals surface area contributed by atoms with Gasteiger partial charge in [0.2, 0.25) is 0 Å². The summed E-state index contributed by atoms with van der Waals surface area (Å²) in [4.78, 5) is 0. The number of para-hydroxylation sites is 4. The van der Waals surface area contributed by atoms with Gasteiger partial charge in [-0.25, -0.2) is 0 Å². The molecule has 13 rings (SSSR count). The molecule has 0 unspecified atom stereocenters. The summed E-state index contributed by atoms with van der Waals surface area (Å²) >= 11 is 0. The molecule has 4 heteroatoms. The molecule has 64 heavy (non-hydrogen) atoms. The normalized spacial score (nSPS) is 12.1. The van der Waals surface area contributed by atoms with E-state index in [1.165, 1.54) is 91.9 Å². The van der Waals surface area contributed by atoms with Gasteiger partial charge in [-0.2, -0.15) is 0 Å². The summed E-state index contributed by atoms with van der Waals surface area (Å²) in [5, 5.41) is 12.9. The van der Waals surface area contributed by atoms with Crippen LogP contribution in [0.4, 0.5) is 0 Å². The zero-order valence-corrected chi connectivity index (χ0v) is 36.0. The molecule has 0 bridgehead atoms. The fourth-order valence-electron chi connectivity index (χ4n) is 11.1. The third kappa shape index (κ3) is 5.15. The van der Waals surface area contributed by atoms with Crippen molar-refractivity contribution in [3.8, 4) is 17.1 Å². The van der Waals surface area contributed by atoms with Gasteiger partial charge in [-0.1, -0.05) is 188 Å². The van der Waals surface area contributed by atoms with Crippen molar-refractivity contribution >= 4 is 94.2 Å². The van der Waals surface area contributed by atoms with Crippen LogP contribution in [0.25, 0.3) is 82.5 Å². The van der Waals surface area contributed by atoms with Crippen LogP contribution < -0.4 is 20.7 Å². The molecule has 0 saturated carbocycles. The van der Waals surface area contributed by atoms with E-state index in [0.717, 1.165) is 11.4 Å². The van der Waals surface area contributed by atoms with Gasteiger partial charge < -0.3 is 13.7 Å². The number of hydrogen-bond donors (Lipinski definition) is 0. The summed E-state index contributed by atoms with van der Waals surface area (Å²) in [6, 6.07) is 92.4. The molecule has 0 aliphatic carbocycles. The maximum atomic E-state index is 2.58. The minimum absolute atomic E-state index is 1.15. The minimum atomic E-state index is -3.05. The summed E-state index contributed by atoms with van der Waals surface area (Å²) in [5.41, 5.74) is 10.6. The highest BCUT2D eigenvalue weighted by atomic mass is 28.3. The molecule has 0 aliphatic rings. The van der Waals surface area contributed by atoms with Gasteiger partial charge in [-0.05, 0) is 81.4 Å². The molecule has 0 aliphatic heterocycles. The second kappa shape index (κ2) is 14.5. The highest BCUT2D eigenvalue weighted by Gasteiger charge is 2.43. The molecule has 0 N–H and O–H groups in total. The molecule has 0 saturated heterocycles. The molecule has 300 valence electrons. The van der Waals surface area contributed by atoms with E-state index in [4.69, 9.17) is 0 Å². The molecule has 0 fully saturated rings. The summed E-state index contributed by atoms with van der Waals surface area (Å²) in [6.45, 7) is 0. The van der Waals surface area contributed by atoms with E-state index in [2.05, 4.69) is 262 Å². The van der Waals surface area contributed by atoms with Crippen LogP contribution >= 0.6 is 0 Å². The van der Waals surface area contributed by atoms with Crippen molar-refractivity contribution in [1.82, 2.24) is 13.7 Å². The van der Waals surface area contributed by atoms with Crippen molar-refractivity contribution in [2.75, 3.05) is 0 Å². The van der Waals surface area contributed by atoms with Crippen molar-refractivity contribution in [2.24, 2.45) is 0 Å². The monoisotopic (exact) mass is 831 g/mol. The van der Waals surface area contributed by atoms with Crippen molar-refractivity contribution in [1.29, 1.82) is 0 Å². The van der Waals surface area contributed by atoms with Crippen molar-refractivity contribution in [2.45, 2.75) is 0 Å². The third-order valence-electron chi connectivity index (χ3n) is 13.6. The Labute approximate surface area is 372 Å². The Bertz CT molecular complexity index is 3730. The van der Waals surface area contributed by atoms with E-state index >= 15 is 0 Å². The molecule has 3 aromatic heterocycles. The van der Waals surface area contributed by atoms with E-state index in [-0.39, 0.29) is 0 Å². The molecular formula is C60H41N3Si. The predicted molar refractivity (Wildman–Crippen MR) is 273 cm³/mol. The molecule has 3 heterocycles. The van der Waals surface area contributed by atoms with Gasteiger partial charge >= 0.3 is 0 Å². The number of benzene rings is 10. The fourth-order valence-corrected chi connectivity index (χ4v) is 16.1. The predicted octanol–water partition coefficient (Wildman–Crippen LogP) is 12.4. The lowest BCUT2D eigenvalue weighted by Gasteiger charge is -2.35. The van der Waals surface area contributed by atoms with Gasteiger partial charge in [0, 0.05) is 38.0 Å². The van der Waals surface area contributed by atoms with Crippen LogP contribution in [0.5, 0.6) is 0 Å². The molecule has 0 amide bonds. The first kappa shape index (κ1) is 36.5. The Balaban J connectivity index is 1.26. The van der Waals surface area contributed by atoms with E-state index in [1.807, 2.05) is 0 Å². The van der Waals surface area contributed by atoms with E-state index in [9.17, 15) is 0 Å². The van der Waals surface area contributed by atoms with Crippen molar-refractivity contribution in [3.63, 3.8) is 0 Å². The molecule has 0 radical (unpaired) electrons. The Morgan fingerprint density at radius 3 is 1.12 bits per heavy atom. The first-order valence-electron chi connectivity index (χ1n) is 22.1. The van der Waals surface area contributed by atoms with Crippen molar-refractivity contribution in [3.05, 3.63) is 249 Å². The van der Waals surface area contributed by atoms with Gasteiger partial charge in [-0.3, -0.25) is 0 Å². The maximum Gasteiger partial charge on any atom is 0.180 e. The minimum Gasteiger partial charge on any atom is -0.309 e. The average molecular weight is 832 g/mol. The zero-order valence-electron chi connectivity index (χ0n) is 35.0. The largest absolute Gasteiger partial charge is 0.309 e. The number of nitrogens with zero attached hydrogens (tertiary/aromatic N) is 3. The maximum absolute atomic E-state index is 3.05. The van der Waals surface area contributed by atoms with E-state index in [1.54, 1.807) is 0 Å². The number of fused-ring (bicyclic) bond motifs is 9. The number of rotatable bonds is 7. The average Bonchev–Trinajstić information content (AvgIpc) is 4.02. The summed E-state index contributed by atoms with van der Waals surface area (Å²) in [5.74, 6) is 0. The van der Waals surface area contributed by atoms with Gasteiger partial charge in [0.05, 0.1) is 44.5 Å². The van der Waals surface area contributed by atoms with E-state index in [0.29, 0.717) is 0 Å². The third-order valence-corrected chi connectivity index (χ3v) is 18.4. The van der Waals surface area contributed by atoms with Crippen LogP contribution in [-0.2, 0) is 0 Å². The lowest BCUT2D eigenvalue weighted by Crippen LogP contribution is -2.74. The smallest absolute Gasteiger partial charge is 0.180 e. The van der Waals surface area contributed by atoms with Crippen LogP contribution in [0.15, 0.2) is 249 Å². The zero-order chi connectivity index (χ0) is 42.2. The fraction of sp³-hybridized carbons (Fsp3) is 0. The van der Waals surface area contributed by atoms with Crippen LogP contribution in [0, 0.1) is 0 Å². The van der Waals surface area contributed by atoms with Crippen LogP contribution in [0.2, 0.25) is 0 Å². The summed E-state index contributed by atoms with van der Waals surface area (Å²) in [6.07, 6.45) is 0. The van der Waals surface area contributed by atoms with Crippen molar-refractivity contribution < 1.29 is 0 Å². The van der Waals surface area contributed by atoms with Gasteiger partial charge in [0.25, 0.3) is 0 Å². The SMILES string of the molecule is c1ccc(-n2c3ccccc3c3c(-n4c5cccc(-n6c7ccccc7c7ccccc76)c5c5c([Si](c6ccccc6)(c6ccccc6)c6ccccc6)cccc54)cccc32)cc1. The Morgan fingerprint density at radius 2 is 0.594 bits per heavy atom. The van der Waals surface area contributed by atoms with Crippen LogP contribution in [0.1, 0.15) is 0 Å². The van der Waals surface area contributed by atoms with Gasteiger partial charge in [0.15, 0.2) is 8.07 Å². The lowest BCUT2D eigenvalue weighted by molar-refractivity contribution is 1.17. The topological polar surface area (TPSA) is 14.8 Å². The van der Waals surface area contributed by atoms with E-state index < -0.39 is 8.07 Å². The standard InChI is InChI=1S/C60H41N3Si/c1-5-22-42(23-6-1)61-51-35-18-15-32-48(51)58-52(61)36-19-37-53(58)63-55-39-20-38-54(62-49-33-16-13-30-46(49)47-31-14-17-34-50(47)62)59(55)60-56(63)40-21-41-57(60)64(43-24-7-2-8-25-43,44-26-9-3-10-27-44)45-28-11-4-12-29-45/h1-41H. The Morgan fingerprint density at radius 1 is 0.234 bits per heavy atom. The molecule has 13 aromatic rings. The molecule has 0 atom stereocenters. The van der Waals surface area contributed by atoms with Crippen LogP contribution in [-0.4, -0.2) is 21.8 Å². The Hall–Kier alpha value is -8.18. The molecular weight excluding hydrogens is 791 g/mol. The molecule has 3 nitrogen and oxygen atoms in total. The lowest BCUT2D eigenvalue weighted by atomic mass is 10.1. The number of hydrogen-bond acceptors (Lipinski definition) is 0. The quantitative estimate of drug-likeness (QED) is 0.112.